The lowest BCUT2D eigenvalue weighted by Gasteiger charge is -2.20. The van der Waals surface area contributed by atoms with Crippen molar-refractivity contribution in [1.82, 2.24) is 0 Å². The van der Waals surface area contributed by atoms with E-state index in [9.17, 15) is 9.59 Å². The molecule has 0 unspecified atom stereocenters. The predicted molar refractivity (Wildman–Crippen MR) is 110 cm³/mol. The van der Waals surface area contributed by atoms with Crippen LogP contribution in [0.2, 0.25) is 10.0 Å². The molecule has 0 bridgehead atoms. The predicted octanol–water partition coefficient (Wildman–Crippen LogP) is 6.04. The molecule has 4 nitrogen and oxygen atoms in total. The van der Waals surface area contributed by atoms with Gasteiger partial charge in [-0.3, -0.25) is 4.79 Å². The molecule has 1 amide bonds. The second-order valence-electron chi connectivity index (χ2n) is 6.87. The van der Waals surface area contributed by atoms with Crippen molar-refractivity contribution in [2.24, 2.45) is 0 Å². The second-order valence-corrected chi connectivity index (χ2v) is 7.71. The minimum absolute atomic E-state index is 0.127. The van der Waals surface area contributed by atoms with Crippen LogP contribution < -0.4 is 5.32 Å². The van der Waals surface area contributed by atoms with E-state index in [2.05, 4.69) is 33.0 Å². The molecule has 0 fully saturated rings. The van der Waals surface area contributed by atoms with Gasteiger partial charge in [-0.2, -0.15) is 0 Å². The van der Waals surface area contributed by atoms with Gasteiger partial charge in [0.05, 0.1) is 10.6 Å². The standard InChI is InChI=1S/C21H23Cl2NO3/c1-12(2)15-6-5-7-16(13(3)4)20(15)24-19(25)11-27-21(26)17-10-14(22)8-9-18(17)23/h5-10,12-13H,11H2,1-4H3,(H,24,25). The first-order valence-corrected chi connectivity index (χ1v) is 9.51. The molecule has 144 valence electrons. The number of halogens is 2. The fourth-order valence-electron chi connectivity index (χ4n) is 2.73. The van der Waals surface area contributed by atoms with Crippen molar-refractivity contribution in [3.63, 3.8) is 0 Å². The van der Waals surface area contributed by atoms with E-state index in [4.69, 9.17) is 27.9 Å². The monoisotopic (exact) mass is 407 g/mol. The highest BCUT2D eigenvalue weighted by molar-refractivity contribution is 6.35. The van der Waals surface area contributed by atoms with Crippen molar-refractivity contribution < 1.29 is 14.3 Å². The molecule has 0 aliphatic heterocycles. The van der Waals surface area contributed by atoms with Crippen LogP contribution >= 0.6 is 23.2 Å². The summed E-state index contributed by atoms with van der Waals surface area (Å²) in [5.74, 6) is -0.617. The lowest BCUT2D eigenvalue weighted by Crippen LogP contribution is -2.23. The largest absolute Gasteiger partial charge is 0.452 e. The lowest BCUT2D eigenvalue weighted by molar-refractivity contribution is -0.119. The molecule has 0 aliphatic carbocycles. The molecule has 0 radical (unpaired) electrons. The Labute approximate surface area is 169 Å². The molecule has 1 N–H and O–H groups in total. The van der Waals surface area contributed by atoms with Gasteiger partial charge in [-0.25, -0.2) is 4.79 Å². The van der Waals surface area contributed by atoms with E-state index >= 15 is 0 Å². The zero-order valence-corrected chi connectivity index (χ0v) is 17.3. The molecular formula is C21H23Cl2NO3. The summed E-state index contributed by atoms with van der Waals surface area (Å²) in [6.45, 7) is 7.85. The Balaban J connectivity index is 2.12. The van der Waals surface area contributed by atoms with Crippen LogP contribution in [0.3, 0.4) is 0 Å². The zero-order valence-electron chi connectivity index (χ0n) is 15.8. The third-order valence-corrected chi connectivity index (χ3v) is 4.68. The van der Waals surface area contributed by atoms with Crippen molar-refractivity contribution in [2.45, 2.75) is 39.5 Å². The van der Waals surface area contributed by atoms with Crippen LogP contribution in [0, 0.1) is 0 Å². The molecule has 0 spiro atoms. The Morgan fingerprint density at radius 1 is 1.00 bits per heavy atom. The summed E-state index contributed by atoms with van der Waals surface area (Å²) in [7, 11) is 0. The third-order valence-electron chi connectivity index (χ3n) is 4.12. The summed E-state index contributed by atoms with van der Waals surface area (Å²) in [5.41, 5.74) is 2.99. The van der Waals surface area contributed by atoms with E-state index in [0.717, 1.165) is 16.8 Å². The highest BCUT2D eigenvalue weighted by Crippen LogP contribution is 2.32. The number of amides is 1. The van der Waals surface area contributed by atoms with Crippen molar-refractivity contribution in [1.29, 1.82) is 0 Å². The zero-order chi connectivity index (χ0) is 20.1. The Bertz CT molecular complexity index is 821. The van der Waals surface area contributed by atoms with Crippen LogP contribution in [0.25, 0.3) is 0 Å². The third kappa shape index (κ3) is 5.47. The number of ether oxygens (including phenoxy) is 1. The minimum atomic E-state index is -0.695. The number of hydrogen-bond acceptors (Lipinski definition) is 3. The average Bonchev–Trinajstić information content (AvgIpc) is 2.61. The van der Waals surface area contributed by atoms with Crippen LogP contribution in [0.15, 0.2) is 36.4 Å². The van der Waals surface area contributed by atoms with Gasteiger partial charge in [0, 0.05) is 10.7 Å². The SMILES string of the molecule is CC(C)c1cccc(C(C)C)c1NC(=O)COC(=O)c1cc(Cl)ccc1Cl. The minimum Gasteiger partial charge on any atom is -0.452 e. The number of benzene rings is 2. The van der Waals surface area contributed by atoms with Gasteiger partial charge >= 0.3 is 5.97 Å². The first kappa shape index (κ1) is 21.3. The van der Waals surface area contributed by atoms with E-state index in [1.165, 1.54) is 12.1 Å². The van der Waals surface area contributed by atoms with Crippen LogP contribution in [0.5, 0.6) is 0 Å². The van der Waals surface area contributed by atoms with E-state index in [1.807, 2.05) is 18.2 Å². The quantitative estimate of drug-likeness (QED) is 0.594. The fraction of sp³-hybridized carbons (Fsp3) is 0.333. The van der Waals surface area contributed by atoms with Gasteiger partial charge in [-0.05, 0) is 41.2 Å². The second kappa shape index (κ2) is 9.25. The van der Waals surface area contributed by atoms with Crippen LogP contribution in [0.1, 0.15) is 61.0 Å². The normalized spacial score (nSPS) is 11.0. The maximum atomic E-state index is 12.4. The summed E-state index contributed by atoms with van der Waals surface area (Å²) >= 11 is 11.9. The number of hydrogen-bond donors (Lipinski definition) is 1. The molecular weight excluding hydrogens is 385 g/mol. The molecule has 27 heavy (non-hydrogen) atoms. The van der Waals surface area contributed by atoms with E-state index in [1.54, 1.807) is 6.07 Å². The van der Waals surface area contributed by atoms with Gasteiger partial charge in [-0.15, -0.1) is 0 Å². The summed E-state index contributed by atoms with van der Waals surface area (Å²) in [4.78, 5) is 24.6. The Morgan fingerprint density at radius 2 is 1.59 bits per heavy atom. The maximum absolute atomic E-state index is 12.4. The molecule has 0 atom stereocenters. The molecule has 0 aliphatic rings. The number of para-hydroxylation sites is 1. The Hall–Kier alpha value is -2.04. The number of esters is 1. The molecule has 0 saturated heterocycles. The van der Waals surface area contributed by atoms with Gasteiger partial charge < -0.3 is 10.1 Å². The van der Waals surface area contributed by atoms with Crippen molar-refractivity contribution in [2.75, 3.05) is 11.9 Å². The fourth-order valence-corrected chi connectivity index (χ4v) is 3.10. The molecule has 2 rings (SSSR count). The van der Waals surface area contributed by atoms with Gasteiger partial charge in [0.1, 0.15) is 0 Å². The van der Waals surface area contributed by atoms with E-state index < -0.39 is 18.5 Å². The van der Waals surface area contributed by atoms with E-state index in [0.29, 0.717) is 5.02 Å². The highest BCUT2D eigenvalue weighted by Gasteiger charge is 2.18. The lowest BCUT2D eigenvalue weighted by atomic mass is 9.92. The molecule has 0 aromatic heterocycles. The topological polar surface area (TPSA) is 55.4 Å². The molecule has 6 heteroatoms. The number of anilines is 1. The Morgan fingerprint density at radius 3 is 2.15 bits per heavy atom. The van der Waals surface area contributed by atoms with Crippen molar-refractivity contribution in [3.05, 3.63) is 63.1 Å². The maximum Gasteiger partial charge on any atom is 0.340 e. The van der Waals surface area contributed by atoms with Crippen molar-refractivity contribution >= 4 is 40.8 Å². The van der Waals surface area contributed by atoms with Gasteiger partial charge in [-0.1, -0.05) is 69.1 Å². The van der Waals surface area contributed by atoms with Gasteiger partial charge in [0.2, 0.25) is 0 Å². The number of carbonyl (C=O) groups excluding carboxylic acids is 2. The summed E-state index contributed by atoms with van der Waals surface area (Å²) < 4.78 is 5.10. The molecule has 2 aromatic carbocycles. The van der Waals surface area contributed by atoms with E-state index in [-0.39, 0.29) is 22.4 Å². The Kier molecular flexibility index (Phi) is 7.28. The van der Waals surface area contributed by atoms with Gasteiger partial charge in [0.25, 0.3) is 5.91 Å². The summed E-state index contributed by atoms with van der Waals surface area (Å²) in [5, 5.41) is 3.48. The average molecular weight is 408 g/mol. The van der Waals surface area contributed by atoms with Crippen LogP contribution in [-0.2, 0) is 9.53 Å². The highest BCUT2D eigenvalue weighted by atomic mass is 35.5. The van der Waals surface area contributed by atoms with Crippen LogP contribution in [0.4, 0.5) is 5.69 Å². The molecule has 0 saturated carbocycles. The van der Waals surface area contributed by atoms with Crippen molar-refractivity contribution in [3.8, 4) is 0 Å². The number of nitrogens with one attached hydrogen (secondary N) is 1. The molecule has 2 aromatic rings. The number of carbonyl (C=O) groups is 2. The van der Waals surface area contributed by atoms with Gasteiger partial charge in [0.15, 0.2) is 6.61 Å². The summed E-state index contributed by atoms with van der Waals surface area (Å²) in [6, 6.07) is 10.5. The first-order valence-electron chi connectivity index (χ1n) is 8.75. The summed E-state index contributed by atoms with van der Waals surface area (Å²) in [6.07, 6.45) is 0. The first-order chi connectivity index (χ1) is 12.7. The smallest absolute Gasteiger partial charge is 0.340 e. The molecule has 0 heterocycles. The van der Waals surface area contributed by atoms with Crippen LogP contribution in [-0.4, -0.2) is 18.5 Å². The number of rotatable bonds is 6.